The number of nitrogens with zero attached hydrogens (tertiary/aromatic N) is 3. The van der Waals surface area contributed by atoms with E-state index in [9.17, 15) is 14.4 Å². The Balaban J connectivity index is 1.55. The normalized spacial score (nSPS) is 21.3. The largest absolute Gasteiger partial charge is 0.496 e. The van der Waals surface area contributed by atoms with E-state index in [1.54, 1.807) is 29.2 Å². The van der Waals surface area contributed by atoms with Gasteiger partial charge in [-0.15, -0.1) is 0 Å². The number of hydrogen-bond donors (Lipinski definition) is 0. The van der Waals surface area contributed by atoms with Gasteiger partial charge in [-0.3, -0.25) is 19.3 Å². The zero-order chi connectivity index (χ0) is 22.9. The van der Waals surface area contributed by atoms with E-state index in [0.717, 1.165) is 10.6 Å². The highest BCUT2D eigenvalue weighted by atomic mass is 35.5. The third-order valence-electron chi connectivity index (χ3n) is 6.44. The van der Waals surface area contributed by atoms with Crippen molar-refractivity contribution in [3.05, 3.63) is 59.1 Å². The maximum Gasteiger partial charge on any atom is 0.240 e. The Kier molecular flexibility index (Phi) is 6.11. The molecule has 0 radical (unpaired) electrons. The molecule has 168 valence electrons. The molecule has 0 bridgehead atoms. The lowest BCUT2D eigenvalue weighted by Gasteiger charge is -2.38. The van der Waals surface area contributed by atoms with Crippen LogP contribution in [0.5, 0.6) is 5.75 Å². The molecule has 2 aliphatic rings. The number of benzene rings is 2. The minimum atomic E-state index is -1.25. The monoisotopic (exact) mass is 455 g/mol. The summed E-state index contributed by atoms with van der Waals surface area (Å²) < 4.78 is 5.48. The van der Waals surface area contributed by atoms with Gasteiger partial charge in [-0.2, -0.15) is 0 Å². The number of imide groups is 1. The zero-order valence-corrected chi connectivity index (χ0v) is 19.0. The Hall–Kier alpha value is -3.06. The van der Waals surface area contributed by atoms with E-state index < -0.39 is 5.41 Å². The molecule has 2 saturated heterocycles. The van der Waals surface area contributed by atoms with Gasteiger partial charge in [-0.05, 0) is 18.2 Å². The number of anilines is 1. The first-order valence-electron chi connectivity index (χ1n) is 10.6. The molecular weight excluding hydrogens is 430 g/mol. The molecule has 8 heteroatoms. The first kappa shape index (κ1) is 22.1. The molecule has 7 nitrogen and oxygen atoms in total. The smallest absolute Gasteiger partial charge is 0.240 e. The van der Waals surface area contributed by atoms with E-state index in [-0.39, 0.29) is 30.6 Å². The Morgan fingerprint density at radius 3 is 2.31 bits per heavy atom. The zero-order valence-electron chi connectivity index (χ0n) is 18.2. The maximum absolute atomic E-state index is 13.4. The summed E-state index contributed by atoms with van der Waals surface area (Å²) in [6.45, 7) is 2.32. The van der Waals surface area contributed by atoms with Crippen LogP contribution in [-0.2, 0) is 19.8 Å². The summed E-state index contributed by atoms with van der Waals surface area (Å²) in [6.07, 6.45) is -0.123. The van der Waals surface area contributed by atoms with Crippen LogP contribution in [0.15, 0.2) is 48.5 Å². The molecule has 0 aliphatic carbocycles. The molecule has 0 spiro atoms. The summed E-state index contributed by atoms with van der Waals surface area (Å²) in [5.41, 5.74) is 0.272. The van der Waals surface area contributed by atoms with Crippen molar-refractivity contribution in [2.45, 2.75) is 18.3 Å². The van der Waals surface area contributed by atoms with Crippen molar-refractivity contribution in [3.8, 4) is 5.75 Å². The Morgan fingerprint density at radius 1 is 1.03 bits per heavy atom. The molecule has 0 N–H and O–H groups in total. The number of hydrogen-bond acceptors (Lipinski definition) is 5. The quantitative estimate of drug-likeness (QED) is 0.648. The fourth-order valence-corrected chi connectivity index (χ4v) is 4.90. The van der Waals surface area contributed by atoms with Crippen molar-refractivity contribution in [1.82, 2.24) is 9.80 Å². The SMILES string of the molecule is COc1ccccc1C1(CC(=O)N2CCN(c3ccccc3Cl)CC2)CC(=O)N(C)C1=O. The first-order chi connectivity index (χ1) is 15.4. The number of para-hydroxylation sites is 2. The van der Waals surface area contributed by atoms with Crippen LogP contribution in [0.3, 0.4) is 0 Å². The van der Waals surface area contributed by atoms with Crippen molar-refractivity contribution in [2.24, 2.45) is 0 Å². The van der Waals surface area contributed by atoms with Gasteiger partial charge >= 0.3 is 0 Å². The number of carbonyl (C=O) groups is 3. The van der Waals surface area contributed by atoms with E-state index >= 15 is 0 Å². The third-order valence-corrected chi connectivity index (χ3v) is 6.76. The number of carbonyl (C=O) groups excluding carboxylic acids is 3. The van der Waals surface area contributed by atoms with Gasteiger partial charge in [0.2, 0.25) is 17.7 Å². The van der Waals surface area contributed by atoms with Gasteiger partial charge in [0, 0.05) is 51.6 Å². The molecule has 2 aliphatic heterocycles. The van der Waals surface area contributed by atoms with Crippen molar-refractivity contribution in [2.75, 3.05) is 45.2 Å². The summed E-state index contributed by atoms with van der Waals surface area (Å²) in [5.74, 6) is -0.307. The molecule has 4 rings (SSSR count). The highest BCUT2D eigenvalue weighted by Crippen LogP contribution is 2.43. The van der Waals surface area contributed by atoms with E-state index in [0.29, 0.717) is 42.5 Å². The molecule has 32 heavy (non-hydrogen) atoms. The summed E-state index contributed by atoms with van der Waals surface area (Å²) in [4.78, 5) is 44.1. The van der Waals surface area contributed by atoms with Gasteiger partial charge < -0.3 is 14.5 Å². The van der Waals surface area contributed by atoms with E-state index in [2.05, 4.69) is 4.90 Å². The number of amides is 3. The minimum Gasteiger partial charge on any atom is -0.496 e. The van der Waals surface area contributed by atoms with E-state index in [4.69, 9.17) is 16.3 Å². The number of piperazine rings is 1. The lowest BCUT2D eigenvalue weighted by atomic mass is 9.75. The van der Waals surface area contributed by atoms with Crippen LogP contribution in [0, 0.1) is 0 Å². The van der Waals surface area contributed by atoms with Crippen LogP contribution in [0.2, 0.25) is 5.02 Å². The first-order valence-corrected chi connectivity index (χ1v) is 11.0. The van der Waals surface area contributed by atoms with Crippen molar-refractivity contribution >= 4 is 35.0 Å². The average molecular weight is 456 g/mol. The van der Waals surface area contributed by atoms with Gasteiger partial charge in [0.15, 0.2) is 0 Å². The van der Waals surface area contributed by atoms with Crippen LogP contribution in [0.4, 0.5) is 5.69 Å². The highest BCUT2D eigenvalue weighted by Gasteiger charge is 2.54. The molecule has 1 unspecified atom stereocenters. The summed E-state index contributed by atoms with van der Waals surface area (Å²) >= 11 is 6.32. The fourth-order valence-electron chi connectivity index (χ4n) is 4.65. The second-order valence-corrected chi connectivity index (χ2v) is 8.62. The molecule has 0 saturated carbocycles. The number of ether oxygens (including phenoxy) is 1. The van der Waals surface area contributed by atoms with E-state index in [1.807, 2.05) is 24.3 Å². The number of likely N-dealkylation sites (N-methyl/N-ethyl adjacent to an activating group) is 1. The summed E-state index contributed by atoms with van der Waals surface area (Å²) in [6, 6.07) is 14.8. The number of methoxy groups -OCH3 is 1. The van der Waals surface area contributed by atoms with Crippen LogP contribution in [0.1, 0.15) is 18.4 Å². The van der Waals surface area contributed by atoms with Crippen molar-refractivity contribution in [3.63, 3.8) is 0 Å². The Morgan fingerprint density at radius 2 is 1.69 bits per heavy atom. The molecule has 2 aromatic rings. The van der Waals surface area contributed by atoms with Crippen LogP contribution < -0.4 is 9.64 Å². The molecule has 2 heterocycles. The molecule has 1 atom stereocenters. The van der Waals surface area contributed by atoms with Crippen LogP contribution in [-0.4, -0.2) is 67.9 Å². The lowest BCUT2D eigenvalue weighted by molar-refractivity contribution is -0.141. The summed E-state index contributed by atoms with van der Waals surface area (Å²) in [5, 5.41) is 0.681. The van der Waals surface area contributed by atoms with E-state index in [1.165, 1.54) is 14.2 Å². The standard InChI is InChI=1S/C24H26ClN3O4/c1-26-21(29)15-24(23(26)31,17-7-3-6-10-20(17)32-2)16-22(30)28-13-11-27(12-14-28)19-9-5-4-8-18(19)25/h3-10H,11-16H2,1-2H3. The second-order valence-electron chi connectivity index (χ2n) is 8.21. The van der Waals surface area contributed by atoms with Crippen molar-refractivity contribution < 1.29 is 19.1 Å². The maximum atomic E-state index is 13.4. The number of likely N-dealkylation sites (tertiary alicyclic amines) is 1. The predicted molar refractivity (Wildman–Crippen MR) is 122 cm³/mol. The summed E-state index contributed by atoms with van der Waals surface area (Å²) in [7, 11) is 2.99. The molecular formula is C24H26ClN3O4. The van der Waals surface area contributed by atoms with Crippen LogP contribution in [0.25, 0.3) is 0 Å². The second kappa shape index (κ2) is 8.82. The predicted octanol–water partition coefficient (Wildman–Crippen LogP) is 2.71. The Labute approximate surface area is 192 Å². The molecule has 0 aromatic heterocycles. The Bertz CT molecular complexity index is 1050. The topological polar surface area (TPSA) is 70.2 Å². The van der Waals surface area contributed by atoms with Gasteiger partial charge in [0.05, 0.1) is 23.2 Å². The molecule has 2 aromatic carbocycles. The number of rotatable bonds is 5. The third kappa shape index (κ3) is 3.81. The lowest BCUT2D eigenvalue weighted by Crippen LogP contribution is -2.51. The van der Waals surface area contributed by atoms with Crippen molar-refractivity contribution in [1.29, 1.82) is 0 Å². The fraction of sp³-hybridized carbons (Fsp3) is 0.375. The van der Waals surface area contributed by atoms with Gasteiger partial charge in [-0.25, -0.2) is 0 Å². The molecule has 2 fully saturated rings. The van der Waals surface area contributed by atoms with Gasteiger partial charge in [0.1, 0.15) is 5.75 Å². The minimum absolute atomic E-state index is 0.0476. The van der Waals surface area contributed by atoms with Gasteiger partial charge in [-0.1, -0.05) is 41.9 Å². The number of halogens is 1. The average Bonchev–Trinajstić information content (AvgIpc) is 3.03. The van der Waals surface area contributed by atoms with Crippen LogP contribution >= 0.6 is 11.6 Å². The molecule has 3 amide bonds. The highest BCUT2D eigenvalue weighted by molar-refractivity contribution is 6.33. The van der Waals surface area contributed by atoms with Gasteiger partial charge in [0.25, 0.3) is 0 Å².